The van der Waals surface area contributed by atoms with Crippen molar-refractivity contribution in [2.24, 2.45) is 0 Å². The summed E-state index contributed by atoms with van der Waals surface area (Å²) < 4.78 is 26.2. The van der Waals surface area contributed by atoms with Crippen LogP contribution in [-0.4, -0.2) is 40.3 Å². The average Bonchev–Trinajstić information content (AvgIpc) is 3.19. The first-order valence-electron chi connectivity index (χ1n) is 11.2. The summed E-state index contributed by atoms with van der Waals surface area (Å²) in [6.07, 6.45) is 0.0440. The molecule has 0 spiro atoms. The molecule has 182 valence electrons. The van der Waals surface area contributed by atoms with E-state index in [9.17, 15) is 23.9 Å². The van der Waals surface area contributed by atoms with Gasteiger partial charge in [0.25, 0.3) is 5.56 Å². The Morgan fingerprint density at radius 2 is 2.11 bits per heavy atom. The van der Waals surface area contributed by atoms with Crippen molar-refractivity contribution in [3.8, 4) is 11.4 Å². The minimum absolute atomic E-state index is 0.0440. The summed E-state index contributed by atoms with van der Waals surface area (Å²) in [5, 5.41) is 14.4. The highest BCUT2D eigenvalue weighted by molar-refractivity contribution is 5.89. The van der Waals surface area contributed by atoms with E-state index in [2.05, 4.69) is 10.3 Å². The van der Waals surface area contributed by atoms with Crippen LogP contribution in [0.25, 0.3) is 22.3 Å². The van der Waals surface area contributed by atoms with Crippen molar-refractivity contribution in [1.82, 2.24) is 14.9 Å². The number of ether oxygens (including phenoxy) is 2. The molecule has 0 saturated heterocycles. The number of aliphatic hydroxyl groups is 1. The van der Waals surface area contributed by atoms with Gasteiger partial charge in [0.05, 0.1) is 29.0 Å². The molecule has 1 amide bonds. The predicted molar refractivity (Wildman–Crippen MR) is 123 cm³/mol. The normalized spacial score (nSPS) is 18.1. The lowest BCUT2D eigenvalue weighted by molar-refractivity contribution is -0.172. The number of hydrogen-bond donors (Lipinski definition) is 2. The molecule has 9 nitrogen and oxygen atoms in total. The third-order valence-electron chi connectivity index (χ3n) is 6.88. The number of pyridine rings is 2. The summed E-state index contributed by atoms with van der Waals surface area (Å²) >= 11 is 0. The third kappa shape index (κ3) is 3.43. The quantitative estimate of drug-likeness (QED) is 0.417. The number of fused-ring (bicyclic) bond motifs is 5. The number of halogens is 1. The molecule has 2 aromatic heterocycles. The van der Waals surface area contributed by atoms with Crippen LogP contribution >= 0.6 is 0 Å². The smallest absolute Gasteiger partial charge is 0.343 e. The highest BCUT2D eigenvalue weighted by atomic mass is 19.1. The van der Waals surface area contributed by atoms with Gasteiger partial charge in [0.1, 0.15) is 19.0 Å². The molecule has 0 fully saturated rings. The standard InChI is InChI=1S/C25H24FN3O6/c1-4-25(33)17-6-20-22-13(9-29(20)23(31)16(17)10-35-24(25)32)5-14-15(8-27-21(30)11-34-3)12(2)18(26)7-19(14)28-22/h5-7,33H,4,8-11H2,1-3H3,(H,27,30)/t25-/m0/s1. The summed E-state index contributed by atoms with van der Waals surface area (Å²) in [6.45, 7) is 3.27. The molecular formula is C25H24FN3O6. The highest BCUT2D eigenvalue weighted by Crippen LogP contribution is 2.39. The van der Waals surface area contributed by atoms with Crippen LogP contribution in [0.4, 0.5) is 4.39 Å². The molecule has 5 rings (SSSR count). The number of esters is 1. The second kappa shape index (κ2) is 8.24. The van der Waals surface area contributed by atoms with E-state index >= 15 is 0 Å². The van der Waals surface area contributed by atoms with Crippen LogP contribution in [0.1, 0.15) is 41.2 Å². The maximum absolute atomic E-state index is 14.8. The van der Waals surface area contributed by atoms with Gasteiger partial charge in [-0.05, 0) is 36.6 Å². The Morgan fingerprint density at radius 1 is 1.34 bits per heavy atom. The van der Waals surface area contributed by atoms with Gasteiger partial charge in [-0.25, -0.2) is 14.2 Å². The molecule has 4 heterocycles. The second-order valence-corrected chi connectivity index (χ2v) is 8.84. The molecular weight excluding hydrogens is 457 g/mol. The summed E-state index contributed by atoms with van der Waals surface area (Å²) in [5.74, 6) is -1.59. The fourth-order valence-electron chi connectivity index (χ4n) is 4.86. The number of carbonyl (C=O) groups excluding carboxylic acids is 2. The summed E-state index contributed by atoms with van der Waals surface area (Å²) in [6, 6.07) is 4.78. The summed E-state index contributed by atoms with van der Waals surface area (Å²) in [5.41, 5.74) is 1.18. The van der Waals surface area contributed by atoms with E-state index in [-0.39, 0.29) is 55.3 Å². The minimum atomic E-state index is -1.92. The molecule has 3 aromatic rings. The molecule has 1 aromatic carbocycles. The average molecular weight is 481 g/mol. The third-order valence-corrected chi connectivity index (χ3v) is 6.88. The Labute approximate surface area is 199 Å². The number of nitrogens with one attached hydrogen (secondary N) is 1. The number of nitrogens with zero attached hydrogens (tertiary/aromatic N) is 2. The summed E-state index contributed by atoms with van der Waals surface area (Å²) in [4.78, 5) is 42.2. The van der Waals surface area contributed by atoms with Gasteiger partial charge in [0.2, 0.25) is 5.91 Å². The van der Waals surface area contributed by atoms with Crippen molar-refractivity contribution < 1.29 is 28.6 Å². The fraction of sp³-hybridized carbons (Fsp3) is 0.360. The molecule has 35 heavy (non-hydrogen) atoms. The van der Waals surface area contributed by atoms with E-state index in [0.717, 1.165) is 5.56 Å². The van der Waals surface area contributed by atoms with Gasteiger partial charge in [-0.1, -0.05) is 6.92 Å². The number of hydrogen-bond acceptors (Lipinski definition) is 7. The molecule has 2 aliphatic rings. The number of amides is 1. The molecule has 0 unspecified atom stereocenters. The molecule has 0 radical (unpaired) electrons. The zero-order valence-corrected chi connectivity index (χ0v) is 19.5. The number of benzene rings is 1. The molecule has 2 aliphatic heterocycles. The van der Waals surface area contributed by atoms with Gasteiger partial charge in [0.15, 0.2) is 5.60 Å². The first kappa shape index (κ1) is 23.1. The Hall–Kier alpha value is -3.63. The van der Waals surface area contributed by atoms with E-state index in [1.54, 1.807) is 19.9 Å². The van der Waals surface area contributed by atoms with Crippen LogP contribution in [0.2, 0.25) is 0 Å². The zero-order valence-electron chi connectivity index (χ0n) is 19.5. The molecule has 0 bridgehead atoms. The molecule has 2 N–H and O–H groups in total. The first-order valence-corrected chi connectivity index (χ1v) is 11.2. The first-order chi connectivity index (χ1) is 16.7. The second-order valence-electron chi connectivity index (χ2n) is 8.84. The molecule has 1 atom stereocenters. The van der Waals surface area contributed by atoms with E-state index in [4.69, 9.17) is 9.47 Å². The predicted octanol–water partition coefficient (Wildman–Crippen LogP) is 1.79. The van der Waals surface area contributed by atoms with Crippen molar-refractivity contribution in [3.63, 3.8) is 0 Å². The van der Waals surface area contributed by atoms with Gasteiger partial charge in [0, 0.05) is 36.2 Å². The van der Waals surface area contributed by atoms with E-state index in [1.807, 2.05) is 6.07 Å². The van der Waals surface area contributed by atoms with Crippen molar-refractivity contribution in [2.45, 2.75) is 45.6 Å². The Bertz CT molecular complexity index is 1480. The van der Waals surface area contributed by atoms with Crippen molar-refractivity contribution in [2.75, 3.05) is 13.7 Å². The van der Waals surface area contributed by atoms with Crippen LogP contribution in [0.3, 0.4) is 0 Å². The fourth-order valence-corrected chi connectivity index (χ4v) is 4.86. The van der Waals surface area contributed by atoms with Gasteiger partial charge >= 0.3 is 5.97 Å². The Morgan fingerprint density at radius 3 is 2.83 bits per heavy atom. The number of aromatic nitrogens is 2. The lowest BCUT2D eigenvalue weighted by Gasteiger charge is -2.31. The minimum Gasteiger partial charge on any atom is -0.458 e. The van der Waals surface area contributed by atoms with Crippen LogP contribution in [0, 0.1) is 12.7 Å². The lowest BCUT2D eigenvalue weighted by Crippen LogP contribution is -2.44. The van der Waals surface area contributed by atoms with E-state index < -0.39 is 17.4 Å². The Balaban J connectivity index is 1.67. The lowest BCUT2D eigenvalue weighted by atomic mass is 9.86. The van der Waals surface area contributed by atoms with Gasteiger partial charge in [-0.2, -0.15) is 0 Å². The maximum atomic E-state index is 14.8. The maximum Gasteiger partial charge on any atom is 0.343 e. The monoisotopic (exact) mass is 481 g/mol. The number of methoxy groups -OCH3 is 1. The zero-order chi connectivity index (χ0) is 25.1. The SMILES string of the molecule is CC[C@@]1(O)C(=O)OCc2c1cc1n(c2=O)Cc2cc3c(CNC(=O)COC)c(C)c(F)cc3nc2-1. The van der Waals surface area contributed by atoms with Crippen molar-refractivity contribution >= 4 is 22.8 Å². The van der Waals surface area contributed by atoms with Gasteiger partial charge in [-0.15, -0.1) is 0 Å². The molecule has 10 heteroatoms. The Kier molecular flexibility index (Phi) is 5.45. The molecule has 0 saturated carbocycles. The van der Waals surface area contributed by atoms with Crippen LogP contribution in [0.5, 0.6) is 0 Å². The van der Waals surface area contributed by atoms with Crippen LogP contribution in [0.15, 0.2) is 23.0 Å². The van der Waals surface area contributed by atoms with Crippen molar-refractivity contribution in [1.29, 1.82) is 0 Å². The number of rotatable bonds is 5. The van der Waals surface area contributed by atoms with Gasteiger partial charge < -0.3 is 24.5 Å². The summed E-state index contributed by atoms with van der Waals surface area (Å²) in [7, 11) is 1.41. The number of cyclic esters (lactones) is 1. The van der Waals surface area contributed by atoms with E-state index in [0.29, 0.717) is 33.4 Å². The van der Waals surface area contributed by atoms with Crippen LogP contribution < -0.4 is 10.9 Å². The van der Waals surface area contributed by atoms with Gasteiger partial charge in [-0.3, -0.25) is 9.59 Å². The topological polar surface area (TPSA) is 120 Å². The van der Waals surface area contributed by atoms with Crippen molar-refractivity contribution in [3.05, 3.63) is 62.2 Å². The highest BCUT2D eigenvalue weighted by Gasteiger charge is 2.45. The number of carbonyl (C=O) groups is 2. The largest absolute Gasteiger partial charge is 0.458 e. The van der Waals surface area contributed by atoms with E-state index in [1.165, 1.54) is 17.7 Å². The van der Waals surface area contributed by atoms with Crippen LogP contribution in [-0.2, 0) is 44.4 Å². The molecule has 0 aliphatic carbocycles.